The standard InChI is InChI=1S/C26H27F3N6O4S/c1-39-19-3-2-16(8-17(19)9-27)22-20(12-34-13-26(28,29)14-34)40-25(32-22)33-23(36)18-10-31-21(11-30-18)35-6-4-15(5-7-35)24(37)38/h2-3,8,10-11,15H,4-7,9,12-14H2,1H3,(H,37,38)(H,32,33,36). The van der Waals surface area contributed by atoms with Gasteiger partial charge in [0.15, 0.2) is 5.13 Å². The van der Waals surface area contributed by atoms with Crippen molar-refractivity contribution < 1.29 is 32.6 Å². The number of carboxylic acids is 1. The SMILES string of the molecule is COc1ccc(-c2nc(NC(=O)c3cnc(N4CCC(C(=O)O)CC4)cn3)sc2CN2CC(F)(F)C2)cc1CF. The molecule has 2 fully saturated rings. The second kappa shape index (κ2) is 11.4. The van der Waals surface area contributed by atoms with Crippen molar-refractivity contribution in [2.75, 3.05) is 43.5 Å². The third-order valence-electron chi connectivity index (χ3n) is 6.93. The molecule has 2 saturated heterocycles. The monoisotopic (exact) mass is 576 g/mol. The van der Waals surface area contributed by atoms with Crippen molar-refractivity contribution in [3.63, 3.8) is 0 Å². The lowest BCUT2D eigenvalue weighted by Gasteiger charge is -2.38. The molecular weight excluding hydrogens is 549 g/mol. The third-order valence-corrected chi connectivity index (χ3v) is 7.89. The van der Waals surface area contributed by atoms with E-state index >= 15 is 0 Å². The molecule has 212 valence electrons. The van der Waals surface area contributed by atoms with Gasteiger partial charge in [-0.15, -0.1) is 0 Å². The zero-order valence-electron chi connectivity index (χ0n) is 21.6. The van der Waals surface area contributed by atoms with Crippen LogP contribution in [0.5, 0.6) is 5.75 Å². The van der Waals surface area contributed by atoms with E-state index in [0.29, 0.717) is 59.2 Å². The lowest BCUT2D eigenvalue weighted by atomic mass is 9.97. The largest absolute Gasteiger partial charge is 0.496 e. The molecule has 0 saturated carbocycles. The van der Waals surface area contributed by atoms with E-state index in [-0.39, 0.29) is 36.4 Å². The molecule has 0 radical (unpaired) electrons. The van der Waals surface area contributed by atoms with E-state index in [4.69, 9.17) is 4.74 Å². The molecule has 1 amide bonds. The molecule has 14 heteroatoms. The Morgan fingerprint density at radius 1 is 1.20 bits per heavy atom. The number of thiazole rings is 1. The highest BCUT2D eigenvalue weighted by molar-refractivity contribution is 7.16. The number of halogens is 3. The predicted molar refractivity (Wildman–Crippen MR) is 142 cm³/mol. The Balaban J connectivity index is 1.32. The number of nitrogens with zero attached hydrogens (tertiary/aromatic N) is 5. The summed E-state index contributed by atoms with van der Waals surface area (Å²) >= 11 is 1.15. The smallest absolute Gasteiger partial charge is 0.306 e. The number of hydrogen-bond acceptors (Lipinski definition) is 9. The van der Waals surface area contributed by atoms with E-state index < -0.39 is 24.5 Å². The van der Waals surface area contributed by atoms with Crippen LogP contribution in [0.1, 0.15) is 33.8 Å². The Bertz CT molecular complexity index is 1390. The van der Waals surface area contributed by atoms with Crippen LogP contribution in [-0.2, 0) is 18.0 Å². The lowest BCUT2D eigenvalue weighted by molar-refractivity contribution is -0.142. The first-order valence-electron chi connectivity index (χ1n) is 12.6. The van der Waals surface area contributed by atoms with Gasteiger partial charge in [-0.3, -0.25) is 19.8 Å². The van der Waals surface area contributed by atoms with Crippen molar-refractivity contribution in [1.29, 1.82) is 0 Å². The fourth-order valence-electron chi connectivity index (χ4n) is 4.81. The van der Waals surface area contributed by atoms with Gasteiger partial charge in [0.2, 0.25) is 0 Å². The number of piperidine rings is 1. The Kier molecular flexibility index (Phi) is 7.90. The topological polar surface area (TPSA) is 121 Å². The second-order valence-corrected chi connectivity index (χ2v) is 10.8. The molecule has 2 aromatic heterocycles. The Labute approximate surface area is 231 Å². The average molecular weight is 577 g/mol. The first-order chi connectivity index (χ1) is 19.2. The number of alkyl halides is 3. The highest BCUT2D eigenvalue weighted by Gasteiger charge is 2.44. The van der Waals surface area contributed by atoms with Crippen molar-refractivity contribution in [1.82, 2.24) is 19.9 Å². The summed E-state index contributed by atoms with van der Waals surface area (Å²) in [7, 11) is 1.44. The number of aromatic nitrogens is 3. The molecule has 3 aromatic rings. The first kappa shape index (κ1) is 27.8. The van der Waals surface area contributed by atoms with Crippen molar-refractivity contribution in [2.24, 2.45) is 5.92 Å². The summed E-state index contributed by atoms with van der Waals surface area (Å²) in [6, 6.07) is 4.91. The minimum atomic E-state index is -2.74. The summed E-state index contributed by atoms with van der Waals surface area (Å²) in [5.74, 6) is -3.53. The number of rotatable bonds is 9. The van der Waals surface area contributed by atoms with Crippen LogP contribution in [0, 0.1) is 5.92 Å². The molecule has 4 heterocycles. The number of ether oxygens (including phenoxy) is 1. The van der Waals surface area contributed by atoms with Gasteiger partial charge in [0.05, 0.1) is 44.2 Å². The molecule has 0 bridgehead atoms. The molecule has 10 nitrogen and oxygen atoms in total. The quantitative estimate of drug-likeness (QED) is 0.388. The molecule has 0 spiro atoms. The summed E-state index contributed by atoms with van der Waals surface area (Å²) in [5.41, 5.74) is 1.40. The van der Waals surface area contributed by atoms with Gasteiger partial charge >= 0.3 is 5.97 Å². The molecule has 2 aliphatic heterocycles. The number of aliphatic carboxylic acids is 1. The summed E-state index contributed by atoms with van der Waals surface area (Å²) in [6.07, 6.45) is 3.81. The van der Waals surface area contributed by atoms with Crippen LogP contribution in [0.3, 0.4) is 0 Å². The number of amides is 1. The van der Waals surface area contributed by atoms with Gasteiger partial charge < -0.3 is 14.7 Å². The van der Waals surface area contributed by atoms with Crippen molar-refractivity contribution in [2.45, 2.75) is 32.0 Å². The zero-order chi connectivity index (χ0) is 28.4. The van der Waals surface area contributed by atoms with Crippen LogP contribution in [-0.4, -0.2) is 76.0 Å². The fraction of sp³-hybridized carbons (Fsp3) is 0.423. The van der Waals surface area contributed by atoms with Crippen LogP contribution in [0.25, 0.3) is 11.3 Å². The Hall–Kier alpha value is -3.78. The van der Waals surface area contributed by atoms with Gasteiger partial charge in [-0.2, -0.15) is 0 Å². The normalized spacial score (nSPS) is 17.4. The number of anilines is 2. The molecule has 0 unspecified atom stereocenters. The van der Waals surface area contributed by atoms with E-state index in [1.165, 1.54) is 19.5 Å². The number of hydrogen-bond donors (Lipinski definition) is 2. The van der Waals surface area contributed by atoms with Gasteiger partial charge in [-0.25, -0.2) is 28.1 Å². The summed E-state index contributed by atoms with van der Waals surface area (Å²) in [5, 5.41) is 12.1. The van der Waals surface area contributed by atoms with E-state index in [0.717, 1.165) is 11.3 Å². The van der Waals surface area contributed by atoms with E-state index in [9.17, 15) is 27.9 Å². The minimum Gasteiger partial charge on any atom is -0.496 e. The molecular formula is C26H27F3N6O4S. The van der Waals surface area contributed by atoms with Gasteiger partial charge in [0.25, 0.3) is 11.8 Å². The molecule has 2 N–H and O–H groups in total. The number of nitrogens with one attached hydrogen (secondary N) is 1. The summed E-state index contributed by atoms with van der Waals surface area (Å²) in [4.78, 5) is 41.3. The van der Waals surface area contributed by atoms with Crippen molar-refractivity contribution in [3.8, 4) is 17.0 Å². The van der Waals surface area contributed by atoms with Gasteiger partial charge in [0, 0.05) is 35.6 Å². The van der Waals surface area contributed by atoms with Crippen LogP contribution < -0.4 is 15.0 Å². The van der Waals surface area contributed by atoms with Crippen LogP contribution in [0.15, 0.2) is 30.6 Å². The maximum Gasteiger partial charge on any atom is 0.306 e. The van der Waals surface area contributed by atoms with Gasteiger partial charge in [0.1, 0.15) is 23.9 Å². The highest BCUT2D eigenvalue weighted by Crippen LogP contribution is 2.37. The third kappa shape index (κ3) is 6.02. The highest BCUT2D eigenvalue weighted by atomic mass is 32.1. The fourth-order valence-corrected chi connectivity index (χ4v) is 5.83. The molecule has 2 aliphatic rings. The van der Waals surface area contributed by atoms with Gasteiger partial charge in [-0.1, -0.05) is 11.3 Å². The second-order valence-electron chi connectivity index (χ2n) is 9.77. The molecule has 40 heavy (non-hydrogen) atoms. The van der Waals surface area contributed by atoms with E-state index in [2.05, 4.69) is 20.3 Å². The van der Waals surface area contributed by atoms with E-state index in [1.54, 1.807) is 23.1 Å². The number of carbonyl (C=O) groups excluding carboxylic acids is 1. The predicted octanol–water partition coefficient (Wildman–Crippen LogP) is 4.08. The first-order valence-corrected chi connectivity index (χ1v) is 13.4. The van der Waals surface area contributed by atoms with Gasteiger partial charge in [-0.05, 0) is 31.0 Å². The number of benzene rings is 1. The molecule has 0 atom stereocenters. The van der Waals surface area contributed by atoms with E-state index in [1.807, 2.05) is 4.90 Å². The zero-order valence-corrected chi connectivity index (χ0v) is 22.4. The minimum absolute atomic E-state index is 0.0500. The average Bonchev–Trinajstić information content (AvgIpc) is 3.33. The maximum absolute atomic E-state index is 13.6. The van der Waals surface area contributed by atoms with Crippen molar-refractivity contribution >= 4 is 34.2 Å². The maximum atomic E-state index is 13.6. The summed E-state index contributed by atoms with van der Waals surface area (Å²) < 4.78 is 45.7. The summed E-state index contributed by atoms with van der Waals surface area (Å²) in [6.45, 7) is -0.256. The Morgan fingerprint density at radius 2 is 1.95 bits per heavy atom. The number of likely N-dealkylation sites (tertiary alicyclic amines) is 1. The van der Waals surface area contributed by atoms with Crippen molar-refractivity contribution in [3.05, 3.63) is 46.7 Å². The van der Waals surface area contributed by atoms with Crippen LogP contribution >= 0.6 is 11.3 Å². The molecule has 0 aliphatic carbocycles. The molecule has 5 rings (SSSR count). The number of methoxy groups -OCH3 is 1. The van der Waals surface area contributed by atoms with Crippen LogP contribution in [0.2, 0.25) is 0 Å². The molecule has 1 aromatic carbocycles. The lowest BCUT2D eigenvalue weighted by Crippen LogP contribution is -2.55. The number of carbonyl (C=O) groups is 2. The number of carboxylic acid groups (broad SMARTS) is 1. The Morgan fingerprint density at radius 3 is 2.55 bits per heavy atom. The van der Waals surface area contributed by atoms with Crippen LogP contribution in [0.4, 0.5) is 24.1 Å².